The Balaban J connectivity index is 3.30. The van der Waals surface area contributed by atoms with Crippen molar-refractivity contribution in [3.8, 4) is 6.07 Å². The van der Waals surface area contributed by atoms with Gasteiger partial charge in [0.2, 0.25) is 0 Å². The van der Waals surface area contributed by atoms with Gasteiger partial charge < -0.3 is 0 Å². The molecule has 1 rings (SSSR count). The number of benzene rings is 1. The van der Waals surface area contributed by atoms with E-state index >= 15 is 0 Å². The van der Waals surface area contributed by atoms with Crippen molar-refractivity contribution in [2.45, 2.75) is 34.6 Å². The Morgan fingerprint density at radius 1 is 1.37 bits per heavy atom. The predicted molar refractivity (Wildman–Crippen MR) is 83.8 cm³/mol. The SMILES string of the molecule is CC(=S)N(C(=N)C(C)(C)C)c1ccc(C#N)c(C)c1. The number of rotatable bonds is 1. The van der Waals surface area contributed by atoms with E-state index in [0.717, 1.165) is 11.3 Å². The predicted octanol–water partition coefficient (Wildman–Crippen LogP) is 4.04. The lowest BCUT2D eigenvalue weighted by Crippen LogP contribution is -2.41. The van der Waals surface area contributed by atoms with Crippen molar-refractivity contribution in [2.75, 3.05) is 4.90 Å². The normalized spacial score (nSPS) is 10.7. The van der Waals surface area contributed by atoms with E-state index in [0.29, 0.717) is 16.4 Å². The van der Waals surface area contributed by atoms with Crippen LogP contribution < -0.4 is 4.90 Å². The molecule has 0 fully saturated rings. The number of nitrogens with zero attached hydrogens (tertiary/aromatic N) is 2. The number of hydrogen-bond donors (Lipinski definition) is 1. The van der Waals surface area contributed by atoms with Gasteiger partial charge in [-0.1, -0.05) is 33.0 Å². The van der Waals surface area contributed by atoms with Crippen LogP contribution in [0.4, 0.5) is 5.69 Å². The van der Waals surface area contributed by atoms with E-state index < -0.39 is 0 Å². The van der Waals surface area contributed by atoms with Gasteiger partial charge >= 0.3 is 0 Å². The van der Waals surface area contributed by atoms with Crippen molar-refractivity contribution < 1.29 is 0 Å². The molecule has 0 atom stereocenters. The summed E-state index contributed by atoms with van der Waals surface area (Å²) in [6, 6.07) is 7.65. The summed E-state index contributed by atoms with van der Waals surface area (Å²) >= 11 is 5.27. The second kappa shape index (κ2) is 5.50. The van der Waals surface area contributed by atoms with Gasteiger partial charge in [0, 0.05) is 11.1 Å². The zero-order valence-corrected chi connectivity index (χ0v) is 12.9. The smallest absolute Gasteiger partial charge is 0.111 e. The minimum Gasteiger partial charge on any atom is -0.293 e. The van der Waals surface area contributed by atoms with Gasteiger partial charge in [-0.15, -0.1) is 0 Å². The fourth-order valence-electron chi connectivity index (χ4n) is 1.72. The summed E-state index contributed by atoms with van der Waals surface area (Å²) in [7, 11) is 0. The molecule has 1 aromatic rings. The van der Waals surface area contributed by atoms with E-state index in [-0.39, 0.29) is 5.41 Å². The highest BCUT2D eigenvalue weighted by atomic mass is 32.1. The first-order valence-electron chi connectivity index (χ1n) is 6.09. The van der Waals surface area contributed by atoms with Crippen LogP contribution in [0.5, 0.6) is 0 Å². The second-order valence-corrected chi connectivity index (χ2v) is 6.15. The average Bonchev–Trinajstić information content (AvgIpc) is 2.27. The zero-order valence-electron chi connectivity index (χ0n) is 12.0. The summed E-state index contributed by atoms with van der Waals surface area (Å²) in [4.78, 5) is 2.38. The van der Waals surface area contributed by atoms with Gasteiger partial charge in [-0.25, -0.2) is 0 Å². The van der Waals surface area contributed by atoms with Gasteiger partial charge in [0.15, 0.2) is 0 Å². The van der Waals surface area contributed by atoms with E-state index in [1.54, 1.807) is 11.0 Å². The van der Waals surface area contributed by atoms with Crippen molar-refractivity contribution in [2.24, 2.45) is 5.41 Å². The molecule has 0 saturated carbocycles. The topological polar surface area (TPSA) is 50.9 Å². The first kappa shape index (κ1) is 15.3. The molecular formula is C15H19N3S. The van der Waals surface area contributed by atoms with Crippen LogP contribution in [-0.2, 0) is 0 Å². The van der Waals surface area contributed by atoms with Crippen molar-refractivity contribution in [3.63, 3.8) is 0 Å². The quantitative estimate of drug-likeness (QED) is 0.477. The standard InChI is InChI=1S/C15H19N3S/c1-10-8-13(7-6-12(10)9-16)18(11(2)19)14(17)15(3,4)5/h6-8,17H,1-5H3. The molecule has 0 radical (unpaired) electrons. The van der Waals surface area contributed by atoms with Crippen molar-refractivity contribution in [3.05, 3.63) is 29.3 Å². The number of nitriles is 1. The first-order chi connectivity index (χ1) is 8.68. The highest BCUT2D eigenvalue weighted by Gasteiger charge is 2.25. The minimum absolute atomic E-state index is 0.290. The molecule has 0 aliphatic heterocycles. The lowest BCUT2D eigenvalue weighted by molar-refractivity contribution is 0.580. The average molecular weight is 273 g/mol. The molecule has 0 saturated heterocycles. The highest BCUT2D eigenvalue weighted by molar-refractivity contribution is 7.80. The summed E-state index contributed by atoms with van der Waals surface area (Å²) < 4.78 is 0. The molecule has 0 heterocycles. The van der Waals surface area contributed by atoms with E-state index in [2.05, 4.69) is 6.07 Å². The van der Waals surface area contributed by atoms with Crippen molar-refractivity contribution in [1.29, 1.82) is 10.7 Å². The van der Waals surface area contributed by atoms with Crippen LogP contribution in [0.1, 0.15) is 38.8 Å². The fraction of sp³-hybridized carbons (Fsp3) is 0.400. The van der Waals surface area contributed by atoms with Crippen LogP contribution in [0.15, 0.2) is 18.2 Å². The van der Waals surface area contributed by atoms with Gasteiger partial charge in [-0.2, -0.15) is 5.26 Å². The van der Waals surface area contributed by atoms with Crippen LogP contribution in [0.2, 0.25) is 0 Å². The molecule has 19 heavy (non-hydrogen) atoms. The number of aryl methyl sites for hydroxylation is 1. The lowest BCUT2D eigenvalue weighted by Gasteiger charge is -2.32. The van der Waals surface area contributed by atoms with E-state index in [1.165, 1.54) is 0 Å². The third kappa shape index (κ3) is 3.39. The molecule has 0 bridgehead atoms. The Morgan fingerprint density at radius 3 is 2.32 bits per heavy atom. The third-order valence-corrected chi connectivity index (χ3v) is 3.02. The molecule has 1 aromatic carbocycles. The Labute approximate surface area is 120 Å². The number of amidine groups is 1. The summed E-state index contributed by atoms with van der Waals surface area (Å²) in [6.45, 7) is 9.65. The van der Waals surface area contributed by atoms with E-state index in [4.69, 9.17) is 22.9 Å². The number of anilines is 1. The Bertz CT molecular complexity index is 562. The van der Waals surface area contributed by atoms with Crippen molar-refractivity contribution >= 4 is 28.7 Å². The Kier molecular flexibility index (Phi) is 4.43. The molecule has 0 aromatic heterocycles. The molecule has 0 spiro atoms. The molecule has 0 unspecified atom stereocenters. The Hall–Kier alpha value is -1.73. The maximum absolute atomic E-state index is 8.96. The molecular weight excluding hydrogens is 254 g/mol. The van der Waals surface area contributed by atoms with Crippen LogP contribution in [0.3, 0.4) is 0 Å². The molecule has 0 amide bonds. The Morgan fingerprint density at radius 2 is 1.95 bits per heavy atom. The second-order valence-electron chi connectivity index (χ2n) is 5.56. The van der Waals surface area contributed by atoms with Crippen LogP contribution in [0.25, 0.3) is 0 Å². The zero-order chi connectivity index (χ0) is 14.8. The monoisotopic (exact) mass is 273 g/mol. The third-order valence-electron chi connectivity index (χ3n) is 2.84. The first-order valence-corrected chi connectivity index (χ1v) is 6.49. The number of hydrogen-bond acceptors (Lipinski definition) is 3. The van der Waals surface area contributed by atoms with E-state index in [9.17, 15) is 0 Å². The summed E-state index contributed by atoms with van der Waals surface area (Å²) in [5.74, 6) is 0.448. The summed E-state index contributed by atoms with van der Waals surface area (Å²) in [5, 5.41) is 17.3. The maximum Gasteiger partial charge on any atom is 0.111 e. The molecule has 4 heteroatoms. The van der Waals surface area contributed by atoms with Gasteiger partial charge in [-0.05, 0) is 37.6 Å². The molecule has 0 aliphatic carbocycles. The van der Waals surface area contributed by atoms with Crippen LogP contribution >= 0.6 is 12.2 Å². The highest BCUT2D eigenvalue weighted by Crippen LogP contribution is 2.26. The van der Waals surface area contributed by atoms with Gasteiger partial charge in [0.05, 0.1) is 16.6 Å². The van der Waals surface area contributed by atoms with Crippen LogP contribution in [0, 0.1) is 29.1 Å². The van der Waals surface area contributed by atoms with E-state index in [1.807, 2.05) is 46.8 Å². The molecule has 3 nitrogen and oxygen atoms in total. The number of nitrogens with one attached hydrogen (secondary N) is 1. The molecule has 0 aliphatic rings. The van der Waals surface area contributed by atoms with Gasteiger partial charge in [-0.3, -0.25) is 10.3 Å². The number of thiocarbonyl (C=S) groups is 1. The summed E-state index contributed by atoms with van der Waals surface area (Å²) in [6.07, 6.45) is 0. The van der Waals surface area contributed by atoms with Crippen LogP contribution in [-0.4, -0.2) is 10.8 Å². The lowest BCUT2D eigenvalue weighted by atomic mass is 9.93. The van der Waals surface area contributed by atoms with Gasteiger partial charge in [0.25, 0.3) is 0 Å². The fourth-order valence-corrected chi connectivity index (χ4v) is 1.91. The minimum atomic E-state index is -0.290. The summed E-state index contributed by atoms with van der Waals surface area (Å²) in [5.41, 5.74) is 2.09. The van der Waals surface area contributed by atoms with Gasteiger partial charge in [0.1, 0.15) is 5.84 Å². The maximum atomic E-state index is 8.96. The molecule has 100 valence electrons. The molecule has 1 N–H and O–H groups in total. The van der Waals surface area contributed by atoms with Crippen molar-refractivity contribution in [1.82, 2.24) is 0 Å². The largest absolute Gasteiger partial charge is 0.293 e.